The molecule has 1 heterocycles. The molecule has 1 rings (SSSR count). The first-order valence-electron chi connectivity index (χ1n) is 3.87. The van der Waals surface area contributed by atoms with Gasteiger partial charge in [0.05, 0.1) is 21.8 Å². The van der Waals surface area contributed by atoms with Crippen molar-refractivity contribution in [2.24, 2.45) is 0 Å². The van der Waals surface area contributed by atoms with Gasteiger partial charge in [0, 0.05) is 11.5 Å². The van der Waals surface area contributed by atoms with Crippen molar-refractivity contribution in [2.45, 2.75) is 17.9 Å². The van der Waals surface area contributed by atoms with Gasteiger partial charge in [0.2, 0.25) is 0 Å². The van der Waals surface area contributed by atoms with Crippen LogP contribution in [-0.4, -0.2) is 4.98 Å². The molecule has 0 aliphatic carbocycles. The Bertz CT molecular complexity index is 393. The minimum atomic E-state index is -4.81. The van der Waals surface area contributed by atoms with E-state index < -0.39 is 34.4 Å². The molecule has 0 aromatic carbocycles. The van der Waals surface area contributed by atoms with Crippen molar-refractivity contribution in [2.75, 3.05) is 0 Å². The number of halogens is 7. The van der Waals surface area contributed by atoms with Crippen LogP contribution >= 0.6 is 27.5 Å². The van der Waals surface area contributed by atoms with Gasteiger partial charge in [-0.2, -0.15) is 13.2 Å². The van der Waals surface area contributed by atoms with Crippen LogP contribution in [0.5, 0.6) is 0 Å². The maximum atomic E-state index is 12.5. The molecule has 1 aromatic heterocycles. The predicted octanol–water partition coefficient (Wildman–Crippen LogP) is 4.59. The Kier molecular flexibility index (Phi) is 4.12. The van der Waals surface area contributed by atoms with Gasteiger partial charge in [0.25, 0.3) is 6.43 Å². The van der Waals surface area contributed by atoms with Crippen molar-refractivity contribution in [3.8, 4) is 0 Å². The lowest BCUT2D eigenvalue weighted by molar-refractivity contribution is -0.138. The van der Waals surface area contributed by atoms with Gasteiger partial charge in [-0.05, 0) is 0 Å². The van der Waals surface area contributed by atoms with E-state index in [4.69, 9.17) is 11.6 Å². The molecule has 1 aromatic rings. The van der Waals surface area contributed by atoms with Crippen LogP contribution in [-0.2, 0) is 11.5 Å². The first kappa shape index (κ1) is 13.6. The van der Waals surface area contributed by atoms with Crippen LogP contribution in [0.2, 0.25) is 5.02 Å². The number of hydrogen-bond acceptors (Lipinski definition) is 1. The number of alkyl halides is 6. The highest BCUT2D eigenvalue weighted by Crippen LogP contribution is 2.40. The monoisotopic (exact) mass is 323 g/mol. The third-order valence-corrected chi connectivity index (χ3v) is 2.70. The molecule has 0 atom stereocenters. The molecule has 1 nitrogen and oxygen atoms in total. The van der Waals surface area contributed by atoms with Crippen molar-refractivity contribution in [3.63, 3.8) is 0 Å². The van der Waals surface area contributed by atoms with Gasteiger partial charge in [0.1, 0.15) is 0 Å². The largest absolute Gasteiger partial charge is 0.419 e. The molecular formula is C8H4BrClF5N. The van der Waals surface area contributed by atoms with E-state index in [1.54, 1.807) is 0 Å². The maximum absolute atomic E-state index is 12.5. The van der Waals surface area contributed by atoms with Crippen molar-refractivity contribution in [1.29, 1.82) is 0 Å². The van der Waals surface area contributed by atoms with Gasteiger partial charge >= 0.3 is 6.18 Å². The minimum absolute atomic E-state index is 0.217. The summed E-state index contributed by atoms with van der Waals surface area (Å²) in [7, 11) is 0. The number of hydrogen-bond donors (Lipinski definition) is 0. The fourth-order valence-electron chi connectivity index (χ4n) is 1.08. The molecule has 0 unspecified atom stereocenters. The van der Waals surface area contributed by atoms with E-state index in [-0.39, 0.29) is 5.33 Å². The molecule has 0 saturated carbocycles. The zero-order valence-corrected chi connectivity index (χ0v) is 9.80. The Labute approximate surface area is 101 Å². The number of aromatic nitrogens is 1. The molecule has 0 fully saturated rings. The summed E-state index contributed by atoms with van der Waals surface area (Å²) in [5.41, 5.74) is -2.65. The highest BCUT2D eigenvalue weighted by molar-refractivity contribution is 9.08. The summed E-state index contributed by atoms with van der Waals surface area (Å²) in [4.78, 5) is 3.31. The van der Waals surface area contributed by atoms with Gasteiger partial charge in [0.15, 0.2) is 0 Å². The van der Waals surface area contributed by atoms with E-state index in [9.17, 15) is 22.0 Å². The molecule has 0 aliphatic rings. The van der Waals surface area contributed by atoms with E-state index in [1.807, 2.05) is 0 Å². The second-order valence-corrected chi connectivity index (χ2v) is 3.72. The lowest BCUT2D eigenvalue weighted by Crippen LogP contribution is -2.12. The van der Waals surface area contributed by atoms with Crippen LogP contribution < -0.4 is 0 Å². The third kappa shape index (κ3) is 2.63. The number of pyridine rings is 1. The van der Waals surface area contributed by atoms with Crippen LogP contribution in [0.3, 0.4) is 0 Å². The van der Waals surface area contributed by atoms with Gasteiger partial charge in [-0.3, -0.25) is 4.98 Å². The number of nitrogens with zero attached hydrogens (tertiary/aromatic N) is 1. The predicted molar refractivity (Wildman–Crippen MR) is 51.8 cm³/mol. The van der Waals surface area contributed by atoms with Crippen molar-refractivity contribution in [3.05, 3.63) is 28.0 Å². The van der Waals surface area contributed by atoms with Crippen LogP contribution in [0.15, 0.2) is 6.20 Å². The van der Waals surface area contributed by atoms with Crippen LogP contribution in [0.1, 0.15) is 23.2 Å². The Morgan fingerprint density at radius 1 is 1.38 bits per heavy atom. The second kappa shape index (κ2) is 4.83. The highest BCUT2D eigenvalue weighted by Gasteiger charge is 2.38. The SMILES string of the molecule is FC(F)c1cnc(CBr)c(C(F)(F)F)c1Cl. The second-order valence-electron chi connectivity index (χ2n) is 2.78. The van der Waals surface area contributed by atoms with Gasteiger partial charge in [-0.15, -0.1) is 0 Å². The van der Waals surface area contributed by atoms with E-state index in [2.05, 4.69) is 20.9 Å². The molecular weight excluding hydrogens is 320 g/mol. The van der Waals surface area contributed by atoms with E-state index in [0.29, 0.717) is 6.20 Å². The molecule has 0 saturated heterocycles. The summed E-state index contributed by atoms with van der Waals surface area (Å²) >= 11 is 8.10. The van der Waals surface area contributed by atoms with Crippen LogP contribution in [0.4, 0.5) is 22.0 Å². The van der Waals surface area contributed by atoms with Gasteiger partial charge in [-0.1, -0.05) is 27.5 Å². The third-order valence-electron chi connectivity index (χ3n) is 1.77. The van der Waals surface area contributed by atoms with E-state index >= 15 is 0 Å². The average Bonchev–Trinajstić information content (AvgIpc) is 2.14. The summed E-state index contributed by atoms with van der Waals surface area (Å²) < 4.78 is 62.3. The normalized spacial score (nSPS) is 12.2. The molecule has 0 spiro atoms. The van der Waals surface area contributed by atoms with Gasteiger partial charge in [-0.25, -0.2) is 8.78 Å². The summed E-state index contributed by atoms with van der Waals surface area (Å²) in [5.74, 6) is 0. The molecule has 8 heteroatoms. The lowest BCUT2D eigenvalue weighted by Gasteiger charge is -2.14. The Morgan fingerprint density at radius 2 is 1.94 bits per heavy atom. The fourth-order valence-corrected chi connectivity index (χ4v) is 1.85. The molecule has 90 valence electrons. The topological polar surface area (TPSA) is 12.9 Å². The van der Waals surface area contributed by atoms with E-state index in [0.717, 1.165) is 0 Å². The molecule has 0 aliphatic heterocycles. The molecule has 16 heavy (non-hydrogen) atoms. The van der Waals surface area contributed by atoms with Crippen LogP contribution in [0, 0.1) is 0 Å². The Balaban J connectivity index is 3.47. The lowest BCUT2D eigenvalue weighted by atomic mass is 10.1. The van der Waals surface area contributed by atoms with E-state index in [1.165, 1.54) is 0 Å². The summed E-state index contributed by atoms with van der Waals surface area (Å²) in [6.45, 7) is 0. The zero-order valence-electron chi connectivity index (χ0n) is 7.45. The highest BCUT2D eigenvalue weighted by atomic mass is 79.9. The van der Waals surface area contributed by atoms with Crippen molar-refractivity contribution >= 4 is 27.5 Å². The van der Waals surface area contributed by atoms with Crippen molar-refractivity contribution in [1.82, 2.24) is 4.98 Å². The Morgan fingerprint density at radius 3 is 2.31 bits per heavy atom. The first-order chi connectivity index (χ1) is 7.29. The summed E-state index contributed by atoms with van der Waals surface area (Å²) in [5, 5.41) is -1.21. The molecule has 0 radical (unpaired) electrons. The Hall–Kier alpha value is -0.430. The van der Waals surface area contributed by atoms with Crippen LogP contribution in [0.25, 0.3) is 0 Å². The summed E-state index contributed by atoms with van der Waals surface area (Å²) in [6.07, 6.45) is -7.25. The zero-order chi connectivity index (χ0) is 12.5. The number of rotatable bonds is 2. The fraction of sp³-hybridized carbons (Fsp3) is 0.375. The smallest absolute Gasteiger partial charge is 0.259 e. The average molecular weight is 324 g/mol. The first-order valence-corrected chi connectivity index (χ1v) is 5.37. The summed E-state index contributed by atoms with van der Waals surface area (Å²) in [6, 6.07) is 0. The molecule has 0 bridgehead atoms. The molecule has 0 N–H and O–H groups in total. The molecule has 0 amide bonds. The van der Waals surface area contributed by atoms with Crippen molar-refractivity contribution < 1.29 is 22.0 Å². The standard InChI is InChI=1S/C8H4BrClF5N/c9-1-4-5(8(13,14)15)6(10)3(2-16-4)7(11)12/h2,7H,1H2. The maximum Gasteiger partial charge on any atom is 0.419 e. The quantitative estimate of drug-likeness (QED) is 0.573. The minimum Gasteiger partial charge on any atom is -0.259 e. The van der Waals surface area contributed by atoms with Gasteiger partial charge < -0.3 is 0 Å².